The van der Waals surface area contributed by atoms with E-state index in [0.717, 1.165) is 10.1 Å². The number of thiophene rings is 1. The van der Waals surface area contributed by atoms with Crippen LogP contribution in [0.5, 0.6) is 0 Å². The normalized spacial score (nSPS) is 10.9. The molecular weight excluding hydrogens is 333 g/mol. The Morgan fingerprint density at radius 1 is 1.33 bits per heavy atom. The molecule has 0 bridgehead atoms. The summed E-state index contributed by atoms with van der Waals surface area (Å²) >= 11 is 13.3. The van der Waals surface area contributed by atoms with Gasteiger partial charge in [0.05, 0.1) is 5.02 Å². The van der Waals surface area contributed by atoms with Gasteiger partial charge < -0.3 is 10.1 Å². The van der Waals surface area contributed by atoms with Crippen LogP contribution in [0.3, 0.4) is 0 Å². The van der Waals surface area contributed by atoms with Crippen LogP contribution >= 0.6 is 34.5 Å². The minimum Gasteiger partial charge on any atom is -0.451 e. The number of hydrogen-bond donors (Lipinski definition) is 1. The molecule has 1 heterocycles. The van der Waals surface area contributed by atoms with Crippen LogP contribution in [0, 0.1) is 0 Å². The molecule has 0 saturated carbocycles. The Balaban J connectivity index is 2.13. The number of carbonyl (C=O) groups is 2. The van der Waals surface area contributed by atoms with Gasteiger partial charge in [0.2, 0.25) is 0 Å². The van der Waals surface area contributed by atoms with Gasteiger partial charge in [-0.15, -0.1) is 11.3 Å². The van der Waals surface area contributed by atoms with Gasteiger partial charge in [0, 0.05) is 21.2 Å². The largest absolute Gasteiger partial charge is 0.451 e. The summed E-state index contributed by atoms with van der Waals surface area (Å²) in [6, 6.07) is 5.17. The van der Waals surface area contributed by atoms with Crippen molar-refractivity contribution in [3.05, 3.63) is 33.1 Å². The molecule has 0 saturated heterocycles. The monoisotopic (exact) mass is 345 g/mol. The third kappa shape index (κ3) is 3.87. The lowest BCUT2D eigenvalue weighted by Gasteiger charge is -2.08. The summed E-state index contributed by atoms with van der Waals surface area (Å²) in [6.45, 7) is 3.32. The van der Waals surface area contributed by atoms with Crippen LogP contribution in [-0.2, 0) is 9.53 Å². The average Bonchev–Trinajstić information content (AvgIpc) is 2.72. The first-order chi connectivity index (χ1) is 9.88. The molecule has 21 heavy (non-hydrogen) atoms. The predicted octanol–water partition coefficient (Wildman–Crippen LogP) is 3.89. The van der Waals surface area contributed by atoms with Gasteiger partial charge in [-0.25, -0.2) is 4.79 Å². The van der Waals surface area contributed by atoms with Crippen molar-refractivity contribution in [3.63, 3.8) is 0 Å². The maximum Gasteiger partial charge on any atom is 0.350 e. The smallest absolute Gasteiger partial charge is 0.350 e. The Bertz CT molecular complexity index is 697. The quantitative estimate of drug-likeness (QED) is 0.855. The van der Waals surface area contributed by atoms with Crippen molar-refractivity contribution in [2.45, 2.75) is 19.9 Å². The third-order valence-electron chi connectivity index (χ3n) is 2.56. The predicted molar refractivity (Wildman–Crippen MR) is 85.4 cm³/mol. The summed E-state index contributed by atoms with van der Waals surface area (Å²) in [7, 11) is 0. The molecule has 0 atom stereocenters. The minimum absolute atomic E-state index is 0.00809. The standard InChI is InChI=1S/C14H13Cl2NO3S/c1-7(2)17-11(18)6-20-14(19)13-12(16)9-4-3-8(15)5-10(9)21-13/h3-5,7H,6H2,1-2H3,(H,17,18). The minimum atomic E-state index is -0.615. The Hall–Kier alpha value is -1.30. The van der Waals surface area contributed by atoms with Gasteiger partial charge in [-0.2, -0.15) is 0 Å². The van der Waals surface area contributed by atoms with Gasteiger partial charge in [-0.3, -0.25) is 4.79 Å². The first kappa shape index (κ1) is 16.1. The number of halogens is 2. The number of amides is 1. The van der Waals surface area contributed by atoms with Crippen LogP contribution in [0.25, 0.3) is 10.1 Å². The van der Waals surface area contributed by atoms with Crippen LogP contribution in [0.2, 0.25) is 10.0 Å². The topological polar surface area (TPSA) is 55.4 Å². The molecule has 0 aliphatic rings. The molecule has 1 aromatic heterocycles. The van der Waals surface area contributed by atoms with Gasteiger partial charge in [-0.05, 0) is 26.0 Å². The van der Waals surface area contributed by atoms with Gasteiger partial charge in [0.1, 0.15) is 4.88 Å². The third-order valence-corrected chi connectivity index (χ3v) is 4.43. The number of nitrogens with one attached hydrogen (secondary N) is 1. The number of fused-ring (bicyclic) bond motifs is 1. The van der Waals surface area contributed by atoms with Crippen molar-refractivity contribution in [1.29, 1.82) is 0 Å². The van der Waals surface area contributed by atoms with Crippen LogP contribution in [0.4, 0.5) is 0 Å². The highest BCUT2D eigenvalue weighted by molar-refractivity contribution is 7.21. The van der Waals surface area contributed by atoms with Gasteiger partial charge in [0.15, 0.2) is 6.61 Å². The molecule has 0 spiro atoms. The zero-order valence-corrected chi connectivity index (χ0v) is 13.7. The maximum atomic E-state index is 12.0. The SMILES string of the molecule is CC(C)NC(=O)COC(=O)c1sc2cc(Cl)ccc2c1Cl. The van der Waals surface area contributed by atoms with E-state index in [4.69, 9.17) is 27.9 Å². The molecule has 7 heteroatoms. The number of ether oxygens (including phenoxy) is 1. The fourth-order valence-electron chi connectivity index (χ4n) is 1.73. The van der Waals surface area contributed by atoms with E-state index in [0.29, 0.717) is 10.0 Å². The summed E-state index contributed by atoms with van der Waals surface area (Å²) in [6.07, 6.45) is 0. The second-order valence-electron chi connectivity index (χ2n) is 4.68. The fraction of sp³-hybridized carbons (Fsp3) is 0.286. The van der Waals surface area contributed by atoms with E-state index in [2.05, 4.69) is 5.32 Å². The summed E-state index contributed by atoms with van der Waals surface area (Å²) in [5.41, 5.74) is 0. The Labute approximate surface area is 136 Å². The molecule has 0 fully saturated rings. The molecular formula is C14H13Cl2NO3S. The molecule has 0 aliphatic carbocycles. The Morgan fingerprint density at radius 2 is 2.05 bits per heavy atom. The Morgan fingerprint density at radius 3 is 2.71 bits per heavy atom. The molecule has 1 N–H and O–H groups in total. The van der Waals surface area contributed by atoms with Crippen LogP contribution in [0.15, 0.2) is 18.2 Å². The molecule has 4 nitrogen and oxygen atoms in total. The van der Waals surface area contributed by atoms with Crippen molar-refractivity contribution in [2.24, 2.45) is 0 Å². The number of carbonyl (C=O) groups excluding carboxylic acids is 2. The van der Waals surface area contributed by atoms with Crippen molar-refractivity contribution in [3.8, 4) is 0 Å². The maximum absolute atomic E-state index is 12.0. The van der Waals surface area contributed by atoms with Crippen LogP contribution < -0.4 is 5.32 Å². The lowest BCUT2D eigenvalue weighted by atomic mass is 10.2. The molecule has 112 valence electrons. The summed E-state index contributed by atoms with van der Waals surface area (Å²) in [4.78, 5) is 23.7. The van der Waals surface area contributed by atoms with Crippen LogP contribution in [-0.4, -0.2) is 24.5 Å². The molecule has 0 unspecified atom stereocenters. The van der Waals surface area contributed by atoms with Crippen molar-refractivity contribution in [2.75, 3.05) is 6.61 Å². The Kier molecular flexibility index (Phi) is 5.08. The number of esters is 1. The number of benzene rings is 1. The summed E-state index contributed by atoms with van der Waals surface area (Å²) in [5.74, 6) is -0.963. The molecule has 1 amide bonds. The van der Waals surface area contributed by atoms with Crippen LogP contribution in [0.1, 0.15) is 23.5 Å². The average molecular weight is 346 g/mol. The number of hydrogen-bond acceptors (Lipinski definition) is 4. The molecule has 2 aromatic rings. The lowest BCUT2D eigenvalue weighted by molar-refractivity contribution is -0.124. The van der Waals surface area contributed by atoms with Crippen molar-refractivity contribution >= 4 is 56.5 Å². The summed E-state index contributed by atoms with van der Waals surface area (Å²) in [5, 5.41) is 4.26. The zero-order chi connectivity index (χ0) is 15.6. The van der Waals surface area contributed by atoms with E-state index in [9.17, 15) is 9.59 Å². The highest BCUT2D eigenvalue weighted by Crippen LogP contribution is 2.37. The number of rotatable bonds is 4. The zero-order valence-electron chi connectivity index (χ0n) is 11.4. The highest BCUT2D eigenvalue weighted by atomic mass is 35.5. The van der Waals surface area contributed by atoms with E-state index in [1.54, 1.807) is 18.2 Å². The second-order valence-corrected chi connectivity index (χ2v) is 6.55. The van der Waals surface area contributed by atoms with E-state index < -0.39 is 5.97 Å². The van der Waals surface area contributed by atoms with E-state index in [1.807, 2.05) is 13.8 Å². The summed E-state index contributed by atoms with van der Waals surface area (Å²) < 4.78 is 5.77. The first-order valence-corrected chi connectivity index (χ1v) is 7.79. The molecule has 1 aromatic carbocycles. The molecule has 0 radical (unpaired) electrons. The van der Waals surface area contributed by atoms with Crippen molar-refractivity contribution in [1.82, 2.24) is 5.32 Å². The molecule has 2 rings (SSSR count). The molecule has 0 aliphatic heterocycles. The van der Waals surface area contributed by atoms with E-state index in [-0.39, 0.29) is 23.4 Å². The first-order valence-electron chi connectivity index (χ1n) is 6.22. The van der Waals surface area contributed by atoms with Gasteiger partial charge in [-0.1, -0.05) is 29.3 Å². The second kappa shape index (κ2) is 6.64. The van der Waals surface area contributed by atoms with E-state index >= 15 is 0 Å². The van der Waals surface area contributed by atoms with Gasteiger partial charge in [0.25, 0.3) is 5.91 Å². The van der Waals surface area contributed by atoms with Crippen molar-refractivity contribution < 1.29 is 14.3 Å². The fourth-order valence-corrected chi connectivity index (χ4v) is 3.41. The van der Waals surface area contributed by atoms with E-state index in [1.165, 1.54) is 11.3 Å². The van der Waals surface area contributed by atoms with Gasteiger partial charge >= 0.3 is 5.97 Å². The lowest BCUT2D eigenvalue weighted by Crippen LogP contribution is -2.33. The highest BCUT2D eigenvalue weighted by Gasteiger charge is 2.19.